The molecule has 37 heavy (non-hydrogen) atoms. The third-order valence-corrected chi connectivity index (χ3v) is 8.86. The van der Waals surface area contributed by atoms with E-state index in [9.17, 15) is 24.3 Å². The summed E-state index contributed by atoms with van der Waals surface area (Å²) < 4.78 is 0.711. The molecule has 2 fully saturated rings. The van der Waals surface area contributed by atoms with Crippen molar-refractivity contribution in [2.24, 2.45) is 5.16 Å². The summed E-state index contributed by atoms with van der Waals surface area (Å²) in [5.74, 6) is -3.92. The summed E-state index contributed by atoms with van der Waals surface area (Å²) in [6.07, 6.45) is 0.733. The summed E-state index contributed by atoms with van der Waals surface area (Å²) in [4.78, 5) is 59.4. The number of quaternary nitrogens is 1. The standard InChI is InChI=1S/C21H25ClN6O7S2/c1-9(19(31)32)35-26-12(11-15(22)37-21(23)25-11)16(29)24-13-17(30)27-14(20(33)34)10(8-36-18(13)27)7-28(2)5-3-4-6-28/h9,13,18H,3-8H2,1-2H3,(H4-,23,24,25,29,31,32,33,34)/b26-12-/t9-,13?,18?/m0/s1. The van der Waals surface area contributed by atoms with Crippen molar-refractivity contribution in [3.05, 3.63) is 21.3 Å². The van der Waals surface area contributed by atoms with Crippen LogP contribution in [0.15, 0.2) is 16.4 Å². The highest BCUT2D eigenvalue weighted by Crippen LogP contribution is 2.41. The zero-order valence-electron chi connectivity index (χ0n) is 19.9. The van der Waals surface area contributed by atoms with Gasteiger partial charge >= 0.3 is 5.97 Å². The van der Waals surface area contributed by atoms with Crippen LogP contribution in [0.4, 0.5) is 5.13 Å². The molecule has 3 aliphatic heterocycles. The molecule has 13 nitrogen and oxygen atoms in total. The van der Waals surface area contributed by atoms with E-state index < -0.39 is 47.0 Å². The fourth-order valence-electron chi connectivity index (χ4n) is 4.55. The van der Waals surface area contributed by atoms with Crippen LogP contribution in [0.2, 0.25) is 4.34 Å². The topological polar surface area (TPSA) is 187 Å². The van der Waals surface area contributed by atoms with E-state index >= 15 is 0 Å². The van der Waals surface area contributed by atoms with Gasteiger partial charge in [0.25, 0.3) is 11.8 Å². The number of β-lactam (4-membered cyclic amide) rings is 1. The smallest absolute Gasteiger partial charge is 0.347 e. The van der Waals surface area contributed by atoms with Crippen LogP contribution in [-0.2, 0) is 24.0 Å². The summed E-state index contributed by atoms with van der Waals surface area (Å²) in [5, 5.41) is 26.6. The lowest BCUT2D eigenvalue weighted by Crippen LogP contribution is -2.71. The molecule has 3 atom stereocenters. The highest BCUT2D eigenvalue weighted by Gasteiger charge is 2.54. The van der Waals surface area contributed by atoms with Crippen LogP contribution in [0.3, 0.4) is 0 Å². The Balaban J connectivity index is 1.55. The largest absolute Gasteiger partial charge is 0.543 e. The Hall–Kier alpha value is -2.88. The van der Waals surface area contributed by atoms with E-state index in [4.69, 9.17) is 27.3 Å². The molecular formula is C21H25ClN6O7S2. The van der Waals surface area contributed by atoms with Crippen LogP contribution in [-0.4, -0.2) is 98.9 Å². The molecule has 0 spiro atoms. The minimum absolute atomic E-state index is 0.0110. The molecule has 3 aliphatic rings. The molecule has 4 heterocycles. The van der Waals surface area contributed by atoms with Crippen molar-refractivity contribution in [1.29, 1.82) is 0 Å². The highest BCUT2D eigenvalue weighted by molar-refractivity contribution is 8.00. The van der Waals surface area contributed by atoms with Gasteiger partial charge in [-0.1, -0.05) is 28.1 Å². The number of aromatic nitrogens is 1. The highest BCUT2D eigenvalue weighted by atomic mass is 35.5. The van der Waals surface area contributed by atoms with Gasteiger partial charge in [0.15, 0.2) is 10.8 Å². The monoisotopic (exact) mass is 572 g/mol. The molecule has 0 saturated carbocycles. The van der Waals surface area contributed by atoms with Gasteiger partial charge in [0, 0.05) is 24.2 Å². The number of thiazole rings is 1. The fourth-order valence-corrected chi connectivity index (χ4v) is 6.82. The van der Waals surface area contributed by atoms with Crippen LogP contribution in [0.1, 0.15) is 25.5 Å². The minimum atomic E-state index is -1.44. The number of nitrogens with one attached hydrogen (secondary N) is 1. The maximum atomic E-state index is 13.1. The van der Waals surface area contributed by atoms with E-state index in [0.717, 1.165) is 42.2 Å². The number of oxime groups is 1. The number of hydrogen-bond acceptors (Lipinski definition) is 11. The number of rotatable bonds is 9. The van der Waals surface area contributed by atoms with Gasteiger partial charge in [-0.2, -0.15) is 0 Å². The average Bonchev–Trinajstić information content (AvgIpc) is 3.41. The zero-order chi connectivity index (χ0) is 27.1. The number of anilines is 1. The number of likely N-dealkylation sites (N-methyl/N-ethyl adjacent to an activating group) is 1. The van der Waals surface area contributed by atoms with Crippen LogP contribution >= 0.6 is 34.7 Å². The Kier molecular flexibility index (Phi) is 7.69. The summed E-state index contributed by atoms with van der Waals surface area (Å²) >= 11 is 8.33. The number of carbonyl (C=O) groups is 4. The second-order valence-corrected chi connectivity index (χ2v) is 12.0. The Morgan fingerprint density at radius 2 is 2.08 bits per heavy atom. The molecule has 2 amide bonds. The van der Waals surface area contributed by atoms with Crippen LogP contribution in [0.25, 0.3) is 0 Å². The first kappa shape index (κ1) is 27.2. The molecule has 1 aromatic heterocycles. The molecule has 0 bridgehead atoms. The first-order chi connectivity index (χ1) is 17.4. The minimum Gasteiger partial charge on any atom is -0.543 e. The maximum absolute atomic E-state index is 13.1. The van der Waals surface area contributed by atoms with E-state index in [2.05, 4.69) is 22.5 Å². The number of thioether (sulfide) groups is 1. The second-order valence-electron chi connectivity index (χ2n) is 9.23. The summed E-state index contributed by atoms with van der Waals surface area (Å²) in [6.45, 7) is 3.57. The maximum Gasteiger partial charge on any atom is 0.347 e. The lowest BCUT2D eigenvalue weighted by atomic mass is 10.0. The second kappa shape index (κ2) is 10.5. The van der Waals surface area contributed by atoms with Crippen molar-refractivity contribution in [2.75, 3.05) is 38.2 Å². The Bertz CT molecular complexity index is 1210. The number of carbonyl (C=O) groups excluding carboxylic acids is 3. The zero-order valence-corrected chi connectivity index (χ0v) is 22.3. The van der Waals surface area contributed by atoms with E-state index in [1.807, 2.05) is 0 Å². The van der Waals surface area contributed by atoms with E-state index in [1.54, 1.807) is 0 Å². The molecule has 0 aliphatic carbocycles. The number of nitrogen functional groups attached to an aromatic ring is 1. The van der Waals surface area contributed by atoms with Crippen LogP contribution in [0, 0.1) is 0 Å². The molecule has 4 N–H and O–H groups in total. The molecular weight excluding hydrogens is 548 g/mol. The fraction of sp³-hybridized carbons (Fsp3) is 0.524. The lowest BCUT2D eigenvalue weighted by Gasteiger charge is -2.51. The number of nitrogens with two attached hydrogens (primary N) is 1. The van der Waals surface area contributed by atoms with Crippen LogP contribution in [0.5, 0.6) is 0 Å². The molecule has 0 radical (unpaired) electrons. The molecule has 4 rings (SSSR count). The molecule has 2 saturated heterocycles. The Labute approximate surface area is 224 Å². The first-order valence-corrected chi connectivity index (χ1v) is 13.6. The predicted octanol–water partition coefficient (Wildman–Crippen LogP) is -0.783. The molecule has 2 unspecified atom stereocenters. The normalized spacial score (nSPS) is 23.8. The van der Waals surface area contributed by atoms with Crippen LogP contribution < -0.4 is 16.2 Å². The summed E-state index contributed by atoms with van der Waals surface area (Å²) in [6, 6.07) is -1.07. The third-order valence-electron chi connectivity index (χ3n) is 6.44. The van der Waals surface area contributed by atoms with E-state index in [-0.39, 0.29) is 20.9 Å². The lowest BCUT2D eigenvalue weighted by molar-refractivity contribution is -0.893. The summed E-state index contributed by atoms with van der Waals surface area (Å²) in [5.41, 5.74) is 5.54. The van der Waals surface area contributed by atoms with Gasteiger partial charge in [-0.3, -0.25) is 14.5 Å². The molecule has 0 aromatic carbocycles. The van der Waals surface area contributed by atoms with Crippen molar-refractivity contribution in [1.82, 2.24) is 15.2 Å². The number of nitrogens with zero attached hydrogens (tertiary/aromatic N) is 4. The van der Waals surface area contributed by atoms with Gasteiger partial charge in [-0.05, 0) is 6.92 Å². The van der Waals surface area contributed by atoms with Crippen molar-refractivity contribution >= 4 is 69.3 Å². The molecule has 200 valence electrons. The summed E-state index contributed by atoms with van der Waals surface area (Å²) in [7, 11) is 2.06. The van der Waals surface area contributed by atoms with Crippen molar-refractivity contribution in [3.8, 4) is 0 Å². The number of carboxylic acids is 2. The molecule has 1 aromatic rings. The van der Waals surface area contributed by atoms with Gasteiger partial charge in [-0.15, -0.1) is 11.8 Å². The van der Waals surface area contributed by atoms with Gasteiger partial charge in [0.2, 0.25) is 6.10 Å². The van der Waals surface area contributed by atoms with Gasteiger partial charge < -0.3 is 35.4 Å². The number of amides is 2. The number of halogens is 1. The van der Waals surface area contributed by atoms with Gasteiger partial charge in [0.05, 0.1) is 31.8 Å². The SMILES string of the molecule is C[C@H](O/N=C(\C(=O)NC1C(=O)N2C(C(=O)[O-])=C(C[N+]3(C)CCCC3)CSC12)c1nc(N)sc1Cl)C(=O)O. The quantitative estimate of drug-likeness (QED) is 0.146. The van der Waals surface area contributed by atoms with Gasteiger partial charge in [-0.25, -0.2) is 9.78 Å². The predicted molar refractivity (Wildman–Crippen MR) is 133 cm³/mol. The number of fused-ring (bicyclic) bond motifs is 1. The Morgan fingerprint density at radius 1 is 1.41 bits per heavy atom. The average molecular weight is 573 g/mol. The van der Waals surface area contributed by atoms with E-state index in [1.165, 1.54) is 18.7 Å². The van der Waals surface area contributed by atoms with Gasteiger partial charge in [0.1, 0.15) is 28.0 Å². The number of carboxylic acid groups (broad SMARTS) is 2. The molecule has 16 heteroatoms. The van der Waals surface area contributed by atoms with E-state index in [0.29, 0.717) is 22.4 Å². The number of likely N-dealkylation sites (tertiary alicyclic amines) is 1. The number of aliphatic carboxylic acids is 2. The van der Waals surface area contributed by atoms with Crippen molar-refractivity contribution < 1.29 is 38.7 Å². The van der Waals surface area contributed by atoms with Crippen molar-refractivity contribution in [3.63, 3.8) is 0 Å². The first-order valence-electron chi connectivity index (χ1n) is 11.3. The van der Waals surface area contributed by atoms with Crippen molar-refractivity contribution in [2.45, 2.75) is 37.3 Å². The number of hydrogen-bond donors (Lipinski definition) is 3. The Morgan fingerprint density at radius 3 is 2.65 bits per heavy atom. The third kappa shape index (κ3) is 5.39.